The van der Waals surface area contributed by atoms with Crippen molar-refractivity contribution in [1.82, 2.24) is 0 Å². The quantitative estimate of drug-likeness (QED) is 0.813. The molecule has 1 aromatic rings. The van der Waals surface area contributed by atoms with E-state index in [1.165, 1.54) is 0 Å². The Hall–Kier alpha value is -1.27. The van der Waals surface area contributed by atoms with Gasteiger partial charge in [-0.1, -0.05) is 13.0 Å². The number of benzene rings is 1. The fourth-order valence-corrected chi connectivity index (χ4v) is 1.91. The predicted octanol–water partition coefficient (Wildman–Crippen LogP) is 1.87. The van der Waals surface area contributed by atoms with Crippen LogP contribution in [0.25, 0.3) is 0 Å². The molecule has 1 rings (SSSR count). The van der Waals surface area contributed by atoms with Crippen molar-refractivity contribution in [2.45, 2.75) is 6.92 Å². The molecule has 7 heteroatoms. The van der Waals surface area contributed by atoms with E-state index in [4.69, 9.17) is 11.6 Å². The van der Waals surface area contributed by atoms with E-state index >= 15 is 0 Å². The van der Waals surface area contributed by atoms with Crippen molar-refractivity contribution in [2.24, 2.45) is 5.92 Å². The Morgan fingerprint density at radius 3 is 2.56 bits per heavy atom. The van der Waals surface area contributed by atoms with E-state index in [9.17, 15) is 13.2 Å². The van der Waals surface area contributed by atoms with Crippen LogP contribution >= 0.6 is 11.6 Å². The van der Waals surface area contributed by atoms with Crippen LogP contribution in [0.2, 0.25) is 0 Å². The van der Waals surface area contributed by atoms with E-state index in [0.29, 0.717) is 11.4 Å². The summed E-state index contributed by atoms with van der Waals surface area (Å²) in [6, 6.07) is 6.46. The maximum Gasteiger partial charge on any atom is 0.229 e. The molecule has 1 unspecified atom stereocenters. The van der Waals surface area contributed by atoms with Gasteiger partial charge in [0.25, 0.3) is 0 Å². The van der Waals surface area contributed by atoms with E-state index in [2.05, 4.69) is 10.0 Å². The second-order valence-corrected chi connectivity index (χ2v) is 6.06. The topological polar surface area (TPSA) is 75.3 Å². The first-order valence-corrected chi connectivity index (χ1v) is 7.69. The van der Waals surface area contributed by atoms with Crippen molar-refractivity contribution in [1.29, 1.82) is 0 Å². The minimum Gasteiger partial charge on any atom is -0.326 e. The predicted molar refractivity (Wildman–Crippen MR) is 73.4 cm³/mol. The maximum absolute atomic E-state index is 11.6. The van der Waals surface area contributed by atoms with E-state index in [0.717, 1.165) is 6.26 Å². The third-order valence-electron chi connectivity index (χ3n) is 2.11. The van der Waals surface area contributed by atoms with E-state index in [1.807, 2.05) is 0 Å². The maximum atomic E-state index is 11.6. The average molecular weight is 291 g/mol. The van der Waals surface area contributed by atoms with Crippen molar-refractivity contribution in [3.63, 3.8) is 0 Å². The second kappa shape index (κ2) is 6.06. The average Bonchev–Trinajstić information content (AvgIpc) is 2.26. The molecular formula is C11H15ClN2O3S. The molecular weight excluding hydrogens is 276 g/mol. The largest absolute Gasteiger partial charge is 0.326 e. The summed E-state index contributed by atoms with van der Waals surface area (Å²) in [5.41, 5.74) is 0.916. The smallest absolute Gasteiger partial charge is 0.229 e. The summed E-state index contributed by atoms with van der Waals surface area (Å²) in [6.45, 7) is 1.71. The van der Waals surface area contributed by atoms with E-state index in [-0.39, 0.29) is 17.7 Å². The zero-order valence-electron chi connectivity index (χ0n) is 10.1. The highest BCUT2D eigenvalue weighted by molar-refractivity contribution is 7.92. The van der Waals surface area contributed by atoms with Crippen LogP contribution in [0.5, 0.6) is 0 Å². The Morgan fingerprint density at radius 2 is 2.00 bits per heavy atom. The van der Waals surface area contributed by atoms with E-state index < -0.39 is 10.0 Å². The minimum atomic E-state index is -3.33. The number of hydrogen-bond acceptors (Lipinski definition) is 3. The summed E-state index contributed by atoms with van der Waals surface area (Å²) in [5.74, 6) is -0.285. The molecule has 18 heavy (non-hydrogen) atoms. The summed E-state index contributed by atoms with van der Waals surface area (Å²) < 4.78 is 24.5. The third kappa shape index (κ3) is 4.93. The molecule has 0 aliphatic carbocycles. The number of anilines is 2. The lowest BCUT2D eigenvalue weighted by Crippen LogP contribution is -2.21. The zero-order valence-corrected chi connectivity index (χ0v) is 11.7. The lowest BCUT2D eigenvalue weighted by Gasteiger charge is -2.10. The summed E-state index contributed by atoms with van der Waals surface area (Å²) in [5, 5.41) is 2.66. The number of carbonyl (C=O) groups excluding carboxylic acids is 1. The molecule has 0 bridgehead atoms. The molecule has 0 aliphatic heterocycles. The Labute approximate surface area is 112 Å². The molecule has 1 atom stereocenters. The van der Waals surface area contributed by atoms with Gasteiger partial charge in [-0.3, -0.25) is 9.52 Å². The SMILES string of the molecule is CC(CCl)C(=O)Nc1cccc(NS(C)(=O)=O)c1. The molecule has 100 valence electrons. The van der Waals surface area contributed by atoms with Crippen molar-refractivity contribution >= 4 is 38.9 Å². The molecule has 0 saturated carbocycles. The van der Waals surface area contributed by atoms with E-state index in [1.54, 1.807) is 31.2 Å². The first-order valence-electron chi connectivity index (χ1n) is 5.26. The molecule has 0 radical (unpaired) electrons. The molecule has 0 aromatic heterocycles. The van der Waals surface area contributed by atoms with Gasteiger partial charge in [0.15, 0.2) is 0 Å². The first kappa shape index (κ1) is 14.8. The number of nitrogens with one attached hydrogen (secondary N) is 2. The number of alkyl halides is 1. The molecule has 0 heterocycles. The fourth-order valence-electron chi connectivity index (χ4n) is 1.21. The minimum absolute atomic E-state index is 0.207. The van der Waals surface area contributed by atoms with Crippen molar-refractivity contribution < 1.29 is 13.2 Å². The van der Waals surface area contributed by atoms with Crippen LogP contribution in [0, 0.1) is 5.92 Å². The van der Waals surface area contributed by atoms with Gasteiger partial charge in [0.05, 0.1) is 11.9 Å². The van der Waals surface area contributed by atoms with Crippen molar-refractivity contribution in [3.8, 4) is 0 Å². The lowest BCUT2D eigenvalue weighted by molar-refractivity contribution is -0.118. The van der Waals surface area contributed by atoms with Gasteiger partial charge in [0.1, 0.15) is 0 Å². The number of halogens is 1. The third-order valence-corrected chi connectivity index (χ3v) is 3.18. The van der Waals surface area contributed by atoms with Gasteiger partial charge in [-0.25, -0.2) is 8.42 Å². The van der Waals surface area contributed by atoms with Crippen molar-refractivity contribution in [2.75, 3.05) is 22.2 Å². The molecule has 0 aliphatic rings. The van der Waals surface area contributed by atoms with Crippen LogP contribution in [0.15, 0.2) is 24.3 Å². The Kier molecular flexibility index (Phi) is 4.98. The summed E-state index contributed by atoms with van der Waals surface area (Å²) >= 11 is 5.58. The van der Waals surface area contributed by atoms with Crippen LogP contribution in [-0.2, 0) is 14.8 Å². The van der Waals surface area contributed by atoms with Gasteiger partial charge in [-0.2, -0.15) is 0 Å². The number of amides is 1. The second-order valence-electron chi connectivity index (χ2n) is 4.00. The highest BCUT2D eigenvalue weighted by atomic mass is 35.5. The van der Waals surface area contributed by atoms with Crippen LogP contribution in [0.4, 0.5) is 11.4 Å². The molecule has 0 saturated heterocycles. The van der Waals surface area contributed by atoms with Gasteiger partial charge < -0.3 is 5.32 Å². The standard InChI is InChI=1S/C11H15ClN2O3S/c1-8(7-12)11(15)13-9-4-3-5-10(6-9)14-18(2,16)17/h3-6,8,14H,7H2,1-2H3,(H,13,15). The summed E-state index contributed by atoms with van der Waals surface area (Å²) in [7, 11) is -3.33. The first-order chi connectivity index (χ1) is 8.31. The van der Waals surface area contributed by atoms with Gasteiger partial charge in [0.2, 0.25) is 15.9 Å². The monoisotopic (exact) mass is 290 g/mol. The van der Waals surface area contributed by atoms with Crippen LogP contribution in [0.1, 0.15) is 6.92 Å². The number of rotatable bonds is 5. The number of sulfonamides is 1. The number of hydrogen-bond donors (Lipinski definition) is 2. The van der Waals surface area contributed by atoms with Gasteiger partial charge >= 0.3 is 0 Å². The van der Waals surface area contributed by atoms with Gasteiger partial charge in [-0.05, 0) is 18.2 Å². The highest BCUT2D eigenvalue weighted by Gasteiger charge is 2.11. The normalized spacial score (nSPS) is 12.8. The molecule has 0 spiro atoms. The number of carbonyl (C=O) groups is 1. The Morgan fingerprint density at radius 1 is 1.39 bits per heavy atom. The van der Waals surface area contributed by atoms with Gasteiger partial charge in [-0.15, -0.1) is 11.6 Å². The summed E-state index contributed by atoms with van der Waals surface area (Å²) in [6.07, 6.45) is 1.06. The zero-order chi connectivity index (χ0) is 13.8. The molecule has 5 nitrogen and oxygen atoms in total. The molecule has 1 amide bonds. The van der Waals surface area contributed by atoms with Crippen LogP contribution < -0.4 is 10.0 Å². The van der Waals surface area contributed by atoms with Crippen molar-refractivity contribution in [3.05, 3.63) is 24.3 Å². The van der Waals surface area contributed by atoms with Crippen LogP contribution in [-0.4, -0.2) is 26.5 Å². The summed E-state index contributed by atoms with van der Waals surface area (Å²) in [4.78, 5) is 11.6. The lowest BCUT2D eigenvalue weighted by atomic mass is 10.2. The van der Waals surface area contributed by atoms with Gasteiger partial charge in [0, 0.05) is 17.5 Å². The molecule has 0 fully saturated rings. The van der Waals surface area contributed by atoms with Crippen LogP contribution in [0.3, 0.4) is 0 Å². The highest BCUT2D eigenvalue weighted by Crippen LogP contribution is 2.16. The Bertz CT molecular complexity index is 531. The molecule has 1 aromatic carbocycles. The fraction of sp³-hybridized carbons (Fsp3) is 0.364. The molecule has 2 N–H and O–H groups in total. The Balaban J connectivity index is 2.80.